The minimum Gasteiger partial charge on any atom is -0.388 e. The summed E-state index contributed by atoms with van der Waals surface area (Å²) in [5, 5.41) is 10.1. The Labute approximate surface area is 134 Å². The molecule has 0 amide bonds. The largest absolute Gasteiger partial charge is 0.416 e. The molecule has 0 saturated heterocycles. The van der Waals surface area contributed by atoms with Gasteiger partial charge in [-0.3, -0.25) is 0 Å². The van der Waals surface area contributed by atoms with Gasteiger partial charge in [0.1, 0.15) is 0 Å². The zero-order valence-corrected chi connectivity index (χ0v) is 13.1. The zero-order chi connectivity index (χ0) is 16.9. The molecule has 1 nitrogen and oxygen atoms in total. The summed E-state index contributed by atoms with van der Waals surface area (Å²) in [6.45, 7) is 2.12. The molecule has 0 heterocycles. The molecule has 1 atom stereocenters. The van der Waals surface area contributed by atoms with Crippen LogP contribution in [0.15, 0.2) is 48.5 Å². The van der Waals surface area contributed by atoms with Gasteiger partial charge in [-0.2, -0.15) is 13.2 Å². The molecular weight excluding hydrogens is 301 g/mol. The molecule has 0 bridgehead atoms. The SMILES string of the molecule is CCCCC[C@H](O)c1ccc(-c2ccc(C(F)(F)F)cc2)cc1. The van der Waals surface area contributed by atoms with Crippen LogP contribution in [0.25, 0.3) is 11.1 Å². The Hall–Kier alpha value is -1.81. The Morgan fingerprint density at radius 3 is 1.87 bits per heavy atom. The van der Waals surface area contributed by atoms with Crippen molar-refractivity contribution in [3.05, 3.63) is 59.7 Å². The molecule has 23 heavy (non-hydrogen) atoms. The van der Waals surface area contributed by atoms with E-state index in [1.807, 2.05) is 24.3 Å². The Balaban J connectivity index is 2.07. The summed E-state index contributed by atoms with van der Waals surface area (Å²) >= 11 is 0. The number of benzene rings is 2. The van der Waals surface area contributed by atoms with Gasteiger partial charge < -0.3 is 5.11 Å². The van der Waals surface area contributed by atoms with Crippen LogP contribution in [0.2, 0.25) is 0 Å². The normalized spacial score (nSPS) is 13.1. The second-order valence-corrected chi connectivity index (χ2v) is 5.71. The Morgan fingerprint density at radius 2 is 1.39 bits per heavy atom. The lowest BCUT2D eigenvalue weighted by Crippen LogP contribution is -2.04. The zero-order valence-electron chi connectivity index (χ0n) is 13.1. The molecule has 124 valence electrons. The van der Waals surface area contributed by atoms with Gasteiger partial charge in [-0.1, -0.05) is 62.6 Å². The maximum atomic E-state index is 12.6. The molecule has 0 aliphatic rings. The van der Waals surface area contributed by atoms with E-state index in [2.05, 4.69) is 6.92 Å². The molecule has 0 unspecified atom stereocenters. The fourth-order valence-electron chi connectivity index (χ4n) is 2.50. The van der Waals surface area contributed by atoms with Gasteiger partial charge in [-0.05, 0) is 35.2 Å². The Kier molecular flexibility index (Phi) is 5.83. The summed E-state index contributed by atoms with van der Waals surface area (Å²) in [4.78, 5) is 0. The van der Waals surface area contributed by atoms with E-state index < -0.39 is 17.8 Å². The summed E-state index contributed by atoms with van der Waals surface area (Å²) in [6, 6.07) is 12.5. The lowest BCUT2D eigenvalue weighted by molar-refractivity contribution is -0.137. The van der Waals surface area contributed by atoms with Gasteiger partial charge in [0.05, 0.1) is 11.7 Å². The maximum Gasteiger partial charge on any atom is 0.416 e. The lowest BCUT2D eigenvalue weighted by atomic mass is 9.98. The first-order valence-electron chi connectivity index (χ1n) is 7.87. The smallest absolute Gasteiger partial charge is 0.388 e. The summed E-state index contributed by atoms with van der Waals surface area (Å²) < 4.78 is 37.7. The molecule has 0 spiro atoms. The van der Waals surface area contributed by atoms with E-state index in [9.17, 15) is 18.3 Å². The number of hydrogen-bond acceptors (Lipinski definition) is 1. The van der Waals surface area contributed by atoms with E-state index in [0.717, 1.165) is 54.5 Å². The van der Waals surface area contributed by atoms with Crippen LogP contribution in [0, 0.1) is 0 Å². The van der Waals surface area contributed by atoms with Crippen molar-refractivity contribution >= 4 is 0 Å². The van der Waals surface area contributed by atoms with Gasteiger partial charge in [0.2, 0.25) is 0 Å². The third-order valence-electron chi connectivity index (χ3n) is 3.92. The molecule has 0 aromatic heterocycles. The summed E-state index contributed by atoms with van der Waals surface area (Å²) in [6.07, 6.45) is -0.875. The van der Waals surface area contributed by atoms with Crippen molar-refractivity contribution < 1.29 is 18.3 Å². The van der Waals surface area contributed by atoms with Crippen molar-refractivity contribution in [2.45, 2.75) is 44.9 Å². The lowest BCUT2D eigenvalue weighted by Gasteiger charge is -2.12. The third-order valence-corrected chi connectivity index (χ3v) is 3.92. The van der Waals surface area contributed by atoms with E-state index in [0.29, 0.717) is 0 Å². The summed E-state index contributed by atoms with van der Waals surface area (Å²) in [5.74, 6) is 0. The summed E-state index contributed by atoms with van der Waals surface area (Å²) in [5.41, 5.74) is 1.76. The van der Waals surface area contributed by atoms with Gasteiger partial charge in [0, 0.05) is 0 Å². The van der Waals surface area contributed by atoms with Crippen molar-refractivity contribution in [3.63, 3.8) is 0 Å². The van der Waals surface area contributed by atoms with Gasteiger partial charge in [0.15, 0.2) is 0 Å². The second kappa shape index (κ2) is 7.64. The van der Waals surface area contributed by atoms with Crippen LogP contribution in [-0.4, -0.2) is 5.11 Å². The first-order chi connectivity index (χ1) is 10.9. The maximum absolute atomic E-state index is 12.6. The summed E-state index contributed by atoms with van der Waals surface area (Å²) in [7, 11) is 0. The van der Waals surface area contributed by atoms with E-state index in [-0.39, 0.29) is 0 Å². The van der Waals surface area contributed by atoms with Gasteiger partial charge >= 0.3 is 6.18 Å². The fourth-order valence-corrected chi connectivity index (χ4v) is 2.50. The van der Waals surface area contributed by atoms with E-state index >= 15 is 0 Å². The van der Waals surface area contributed by atoms with Gasteiger partial charge in [-0.15, -0.1) is 0 Å². The minimum atomic E-state index is -4.31. The molecule has 0 fully saturated rings. The molecule has 0 saturated carbocycles. The molecule has 1 N–H and O–H groups in total. The number of aliphatic hydroxyl groups excluding tert-OH is 1. The topological polar surface area (TPSA) is 20.2 Å². The van der Waals surface area contributed by atoms with Crippen LogP contribution in [-0.2, 0) is 6.18 Å². The van der Waals surface area contributed by atoms with Crippen molar-refractivity contribution in [1.82, 2.24) is 0 Å². The molecule has 2 rings (SSSR count). The molecular formula is C19H21F3O. The molecule has 4 heteroatoms. The fraction of sp³-hybridized carbons (Fsp3) is 0.368. The standard InChI is InChI=1S/C19H21F3O/c1-2-3-4-5-18(23)16-8-6-14(7-9-16)15-10-12-17(13-11-15)19(20,21)22/h6-13,18,23H,2-5H2,1H3/t18-/m0/s1. The average Bonchev–Trinajstić information content (AvgIpc) is 2.54. The van der Waals surface area contributed by atoms with Crippen LogP contribution in [0.5, 0.6) is 0 Å². The highest BCUT2D eigenvalue weighted by atomic mass is 19.4. The molecule has 2 aromatic rings. The number of unbranched alkanes of at least 4 members (excludes halogenated alkanes) is 2. The van der Waals surface area contributed by atoms with Crippen molar-refractivity contribution in [2.24, 2.45) is 0 Å². The second-order valence-electron chi connectivity index (χ2n) is 5.71. The molecule has 2 aromatic carbocycles. The van der Waals surface area contributed by atoms with Crippen molar-refractivity contribution in [2.75, 3.05) is 0 Å². The number of halogens is 3. The number of alkyl halides is 3. The van der Waals surface area contributed by atoms with Gasteiger partial charge in [-0.25, -0.2) is 0 Å². The van der Waals surface area contributed by atoms with Crippen molar-refractivity contribution in [3.8, 4) is 11.1 Å². The van der Waals surface area contributed by atoms with Crippen LogP contribution in [0.1, 0.15) is 49.8 Å². The highest BCUT2D eigenvalue weighted by molar-refractivity contribution is 5.64. The predicted octanol–water partition coefficient (Wildman–Crippen LogP) is 5.99. The number of hydrogen-bond donors (Lipinski definition) is 1. The third kappa shape index (κ3) is 4.83. The Morgan fingerprint density at radius 1 is 0.870 bits per heavy atom. The van der Waals surface area contributed by atoms with E-state index in [1.54, 1.807) is 0 Å². The first-order valence-corrected chi connectivity index (χ1v) is 7.87. The van der Waals surface area contributed by atoms with E-state index in [1.165, 1.54) is 12.1 Å². The van der Waals surface area contributed by atoms with Crippen LogP contribution >= 0.6 is 0 Å². The van der Waals surface area contributed by atoms with Crippen molar-refractivity contribution in [1.29, 1.82) is 0 Å². The van der Waals surface area contributed by atoms with Crippen LogP contribution < -0.4 is 0 Å². The monoisotopic (exact) mass is 322 g/mol. The van der Waals surface area contributed by atoms with Crippen LogP contribution in [0.3, 0.4) is 0 Å². The van der Waals surface area contributed by atoms with Crippen LogP contribution in [0.4, 0.5) is 13.2 Å². The molecule has 0 aliphatic heterocycles. The van der Waals surface area contributed by atoms with E-state index in [4.69, 9.17) is 0 Å². The van der Waals surface area contributed by atoms with Gasteiger partial charge in [0.25, 0.3) is 0 Å². The number of aliphatic hydroxyl groups is 1. The molecule has 0 aliphatic carbocycles. The average molecular weight is 322 g/mol. The predicted molar refractivity (Wildman–Crippen MR) is 86.0 cm³/mol. The minimum absolute atomic E-state index is 0.483. The highest BCUT2D eigenvalue weighted by Crippen LogP contribution is 2.31. The quantitative estimate of drug-likeness (QED) is 0.648. The Bertz CT molecular complexity index is 600. The first kappa shape index (κ1) is 17.5. The number of rotatable bonds is 6. The highest BCUT2D eigenvalue weighted by Gasteiger charge is 2.29. The molecule has 0 radical (unpaired) electrons.